The van der Waals surface area contributed by atoms with Crippen molar-refractivity contribution in [3.63, 3.8) is 0 Å². The lowest BCUT2D eigenvalue weighted by atomic mass is 9.92. The quantitative estimate of drug-likeness (QED) is 0.427. The molecule has 3 heterocycles. The predicted octanol–water partition coefficient (Wildman–Crippen LogP) is 5.37. The molecule has 5 rings (SSSR count). The van der Waals surface area contributed by atoms with Gasteiger partial charge in [-0.1, -0.05) is 18.9 Å². The van der Waals surface area contributed by atoms with Crippen molar-refractivity contribution in [3.05, 3.63) is 47.8 Å². The average molecular weight is 402 g/mol. The summed E-state index contributed by atoms with van der Waals surface area (Å²) in [6, 6.07) is 10.7. The topological polar surface area (TPSA) is 58.5 Å². The van der Waals surface area contributed by atoms with E-state index in [2.05, 4.69) is 64.0 Å². The molecule has 0 unspecified atom stereocenters. The van der Waals surface area contributed by atoms with E-state index in [1.165, 1.54) is 61.8 Å². The summed E-state index contributed by atoms with van der Waals surface area (Å²) in [6.45, 7) is 7.70. The minimum absolute atomic E-state index is 0.914. The number of aromatic amines is 1. The second-order valence-corrected chi connectivity index (χ2v) is 8.82. The van der Waals surface area contributed by atoms with E-state index in [9.17, 15) is 0 Å². The Bertz CT molecular complexity index is 1160. The van der Waals surface area contributed by atoms with Crippen LogP contribution in [0.4, 0.5) is 0 Å². The summed E-state index contributed by atoms with van der Waals surface area (Å²) in [5, 5.41) is 3.46. The molecule has 5 nitrogen and oxygen atoms in total. The highest BCUT2D eigenvalue weighted by Crippen LogP contribution is 2.27. The van der Waals surface area contributed by atoms with E-state index in [0.29, 0.717) is 0 Å². The second-order valence-electron chi connectivity index (χ2n) is 8.82. The van der Waals surface area contributed by atoms with Crippen molar-refractivity contribution in [2.75, 3.05) is 13.1 Å². The number of hydrogen-bond donors (Lipinski definition) is 2. The molecule has 30 heavy (non-hydrogen) atoms. The Morgan fingerprint density at radius 1 is 1.07 bits per heavy atom. The third-order valence-electron chi connectivity index (χ3n) is 6.79. The lowest BCUT2D eigenvalue weighted by Gasteiger charge is -2.22. The van der Waals surface area contributed by atoms with Crippen molar-refractivity contribution in [1.82, 2.24) is 24.8 Å². The number of rotatable bonds is 6. The molecule has 1 aliphatic rings. The van der Waals surface area contributed by atoms with Gasteiger partial charge in [0.2, 0.25) is 0 Å². The van der Waals surface area contributed by atoms with Crippen molar-refractivity contribution in [2.24, 2.45) is 5.92 Å². The van der Waals surface area contributed by atoms with Gasteiger partial charge in [-0.05, 0) is 87.5 Å². The first-order chi connectivity index (χ1) is 14.7. The van der Waals surface area contributed by atoms with Crippen molar-refractivity contribution >= 4 is 22.1 Å². The summed E-state index contributed by atoms with van der Waals surface area (Å²) in [5.41, 5.74) is 8.06. The molecular weight excluding hydrogens is 370 g/mol. The van der Waals surface area contributed by atoms with E-state index >= 15 is 0 Å². The second kappa shape index (κ2) is 8.23. The summed E-state index contributed by atoms with van der Waals surface area (Å²) >= 11 is 0. The van der Waals surface area contributed by atoms with Gasteiger partial charge >= 0.3 is 0 Å². The smallest absolute Gasteiger partial charge is 0.138 e. The van der Waals surface area contributed by atoms with Gasteiger partial charge in [-0.2, -0.15) is 0 Å². The largest absolute Gasteiger partial charge is 0.338 e. The lowest BCUT2D eigenvalue weighted by Crippen LogP contribution is -2.27. The van der Waals surface area contributed by atoms with E-state index in [1.54, 1.807) is 0 Å². The maximum Gasteiger partial charge on any atom is 0.138 e. The third kappa shape index (κ3) is 3.74. The van der Waals surface area contributed by atoms with Crippen LogP contribution in [0.25, 0.3) is 33.5 Å². The van der Waals surface area contributed by atoms with E-state index < -0.39 is 0 Å². The molecule has 2 N–H and O–H groups in total. The Morgan fingerprint density at radius 2 is 1.93 bits per heavy atom. The third-order valence-corrected chi connectivity index (χ3v) is 6.79. The highest BCUT2D eigenvalue weighted by molar-refractivity contribution is 5.86. The Labute approximate surface area is 177 Å². The van der Waals surface area contributed by atoms with E-state index in [-0.39, 0.29) is 0 Å². The number of fused-ring (bicyclic) bond motifs is 2. The molecule has 4 aromatic rings. The Morgan fingerprint density at radius 3 is 2.80 bits per heavy atom. The van der Waals surface area contributed by atoms with Gasteiger partial charge in [0.05, 0.1) is 28.4 Å². The van der Waals surface area contributed by atoms with Crippen LogP contribution in [0.3, 0.4) is 0 Å². The fraction of sp³-hybridized carbons (Fsp3) is 0.440. The molecule has 0 atom stereocenters. The number of imidazole rings is 2. The molecule has 5 heteroatoms. The number of nitrogens with zero attached hydrogens (tertiary/aromatic N) is 3. The number of H-pyrrole nitrogens is 1. The van der Waals surface area contributed by atoms with Crippen LogP contribution in [0, 0.1) is 19.8 Å². The van der Waals surface area contributed by atoms with Crippen LogP contribution in [0.5, 0.6) is 0 Å². The molecule has 0 bridgehead atoms. The van der Waals surface area contributed by atoms with E-state index in [4.69, 9.17) is 4.98 Å². The molecule has 0 amide bonds. The van der Waals surface area contributed by atoms with Crippen molar-refractivity contribution in [2.45, 2.75) is 52.5 Å². The summed E-state index contributed by atoms with van der Waals surface area (Å²) in [4.78, 5) is 13.0. The molecule has 2 aromatic heterocycles. The van der Waals surface area contributed by atoms with Crippen molar-refractivity contribution in [1.29, 1.82) is 0 Å². The molecule has 0 aliphatic carbocycles. The number of nitrogens with one attached hydrogen (secondary N) is 2. The minimum atomic E-state index is 0.914. The van der Waals surface area contributed by atoms with Crippen LogP contribution in [-0.4, -0.2) is 32.6 Å². The van der Waals surface area contributed by atoms with Gasteiger partial charge in [-0.3, -0.25) is 0 Å². The molecule has 1 aliphatic heterocycles. The maximum atomic E-state index is 4.90. The first-order valence-electron chi connectivity index (χ1n) is 11.3. The van der Waals surface area contributed by atoms with Crippen LogP contribution < -0.4 is 5.32 Å². The van der Waals surface area contributed by atoms with Crippen molar-refractivity contribution in [3.8, 4) is 11.4 Å². The fourth-order valence-electron chi connectivity index (χ4n) is 4.72. The summed E-state index contributed by atoms with van der Waals surface area (Å²) in [6.07, 6.45) is 8.54. The van der Waals surface area contributed by atoms with Gasteiger partial charge in [0.25, 0.3) is 0 Å². The number of hydrogen-bond acceptors (Lipinski definition) is 3. The molecule has 1 fully saturated rings. The SMILES string of the molecule is Cc1ccc2[nH]c(-c3ccc4ncn(CCCCC5CCNCC5)c4c3)nc2c1C. The Kier molecular flexibility index (Phi) is 5.30. The van der Waals surface area contributed by atoms with E-state index in [0.717, 1.165) is 40.4 Å². The fourth-order valence-corrected chi connectivity index (χ4v) is 4.72. The molecule has 156 valence electrons. The van der Waals surface area contributed by atoms with Crippen LogP contribution >= 0.6 is 0 Å². The van der Waals surface area contributed by atoms with Crippen LogP contribution in [0.2, 0.25) is 0 Å². The number of aromatic nitrogens is 4. The molecule has 0 radical (unpaired) electrons. The molecular formula is C25H31N5. The Hall–Kier alpha value is -2.66. The number of benzene rings is 2. The molecule has 1 saturated heterocycles. The summed E-state index contributed by atoms with van der Waals surface area (Å²) in [5.74, 6) is 1.84. The first-order valence-corrected chi connectivity index (χ1v) is 11.3. The number of aryl methyl sites for hydroxylation is 3. The first kappa shape index (κ1) is 19.3. The highest BCUT2D eigenvalue weighted by atomic mass is 15.0. The summed E-state index contributed by atoms with van der Waals surface area (Å²) in [7, 11) is 0. The van der Waals surface area contributed by atoms with Gasteiger partial charge in [0.15, 0.2) is 0 Å². The Balaban J connectivity index is 1.33. The average Bonchev–Trinajstić information content (AvgIpc) is 3.39. The van der Waals surface area contributed by atoms with Crippen LogP contribution in [0.15, 0.2) is 36.7 Å². The molecule has 0 spiro atoms. The number of piperidine rings is 1. The zero-order valence-electron chi connectivity index (χ0n) is 18.0. The van der Waals surface area contributed by atoms with Gasteiger partial charge in [-0.25, -0.2) is 9.97 Å². The standard InChI is InChI=1S/C25H31N5/c1-17-6-8-22-24(18(17)2)29-25(28-22)20-7-9-21-23(15-20)30(16-27-21)14-4-3-5-19-10-12-26-13-11-19/h6-9,15-16,19,26H,3-5,10-14H2,1-2H3,(H,28,29). The van der Waals surface area contributed by atoms with Gasteiger partial charge in [-0.15, -0.1) is 0 Å². The van der Waals surface area contributed by atoms with Crippen LogP contribution in [-0.2, 0) is 6.54 Å². The number of unbranched alkanes of at least 4 members (excludes halogenated alkanes) is 1. The maximum absolute atomic E-state index is 4.90. The highest BCUT2D eigenvalue weighted by Gasteiger charge is 2.13. The van der Waals surface area contributed by atoms with Crippen LogP contribution in [0.1, 0.15) is 43.2 Å². The van der Waals surface area contributed by atoms with Gasteiger partial charge in [0, 0.05) is 12.1 Å². The lowest BCUT2D eigenvalue weighted by molar-refractivity contribution is 0.341. The molecule has 0 saturated carbocycles. The van der Waals surface area contributed by atoms with E-state index in [1.807, 2.05) is 6.33 Å². The minimum Gasteiger partial charge on any atom is -0.338 e. The van der Waals surface area contributed by atoms with Gasteiger partial charge < -0.3 is 14.9 Å². The predicted molar refractivity (Wildman–Crippen MR) is 124 cm³/mol. The molecule has 2 aromatic carbocycles. The zero-order chi connectivity index (χ0) is 20.5. The van der Waals surface area contributed by atoms with Crippen molar-refractivity contribution < 1.29 is 0 Å². The zero-order valence-corrected chi connectivity index (χ0v) is 18.0. The monoisotopic (exact) mass is 401 g/mol. The summed E-state index contributed by atoms with van der Waals surface area (Å²) < 4.78 is 2.30. The normalized spacial score (nSPS) is 15.4. The van der Waals surface area contributed by atoms with Gasteiger partial charge in [0.1, 0.15) is 5.82 Å².